The number of ether oxygens (including phenoxy) is 1. The van der Waals surface area contributed by atoms with E-state index in [0.717, 1.165) is 22.3 Å². The van der Waals surface area contributed by atoms with Crippen LogP contribution in [0.15, 0.2) is 72.8 Å². The lowest BCUT2D eigenvalue weighted by molar-refractivity contribution is -0.122. The van der Waals surface area contributed by atoms with E-state index >= 15 is 0 Å². The number of hydrogen-bond donors (Lipinski definition) is 0. The Morgan fingerprint density at radius 3 is 2.24 bits per heavy atom. The number of amides is 2. The first-order valence-electron chi connectivity index (χ1n) is 11.5. The Kier molecular flexibility index (Phi) is 4.78. The summed E-state index contributed by atoms with van der Waals surface area (Å²) in [4.78, 5) is 41.6. The number of benzene rings is 3. The fourth-order valence-corrected chi connectivity index (χ4v) is 7.19. The van der Waals surface area contributed by atoms with E-state index < -0.39 is 22.1 Å². The minimum absolute atomic E-state index is 0.198. The smallest absolute Gasteiger partial charge is 0.338 e. The number of imide groups is 1. The van der Waals surface area contributed by atoms with Crippen molar-refractivity contribution in [2.75, 3.05) is 11.5 Å². The van der Waals surface area contributed by atoms with Crippen LogP contribution in [0.1, 0.15) is 51.9 Å². The van der Waals surface area contributed by atoms with Crippen molar-refractivity contribution in [1.82, 2.24) is 0 Å². The van der Waals surface area contributed by atoms with Crippen LogP contribution >= 0.6 is 15.9 Å². The largest absolute Gasteiger partial charge is 0.462 e. The Balaban J connectivity index is 1.48. The van der Waals surface area contributed by atoms with Gasteiger partial charge in [-0.15, -0.1) is 0 Å². The molecule has 0 aromatic heterocycles. The highest BCUT2D eigenvalue weighted by molar-refractivity contribution is 9.09. The van der Waals surface area contributed by atoms with Crippen LogP contribution in [0.25, 0.3) is 0 Å². The highest BCUT2D eigenvalue weighted by atomic mass is 79.9. The molecular weight excluding hydrogens is 494 g/mol. The quantitative estimate of drug-likeness (QED) is 0.273. The molecule has 2 bridgehead atoms. The molecule has 3 aromatic carbocycles. The number of carbonyl (C=O) groups excluding carboxylic acids is 3. The molecule has 1 saturated heterocycles. The number of nitrogens with zero attached hydrogens (tertiary/aromatic N) is 1. The molecule has 170 valence electrons. The lowest BCUT2D eigenvalue weighted by Crippen LogP contribution is -2.50. The Morgan fingerprint density at radius 1 is 0.941 bits per heavy atom. The molecular formula is C28H22BrNO4. The van der Waals surface area contributed by atoms with Gasteiger partial charge in [-0.1, -0.05) is 77.5 Å². The molecule has 3 aliphatic carbocycles. The summed E-state index contributed by atoms with van der Waals surface area (Å²) in [6, 6.07) is 22.7. The Morgan fingerprint density at radius 2 is 1.59 bits per heavy atom. The lowest BCUT2D eigenvalue weighted by Gasteiger charge is -2.51. The van der Waals surface area contributed by atoms with Crippen molar-refractivity contribution in [2.45, 2.75) is 23.6 Å². The molecule has 2 unspecified atom stereocenters. The van der Waals surface area contributed by atoms with Crippen LogP contribution < -0.4 is 4.90 Å². The van der Waals surface area contributed by atoms with Gasteiger partial charge in [0, 0.05) is 5.92 Å². The van der Waals surface area contributed by atoms with Gasteiger partial charge in [-0.2, -0.15) is 0 Å². The summed E-state index contributed by atoms with van der Waals surface area (Å²) in [5.74, 6) is -2.24. The Labute approximate surface area is 205 Å². The average Bonchev–Trinajstić information content (AvgIpc) is 3.14. The summed E-state index contributed by atoms with van der Waals surface area (Å²) in [6.45, 7) is 2.24. The van der Waals surface area contributed by atoms with Crippen molar-refractivity contribution in [1.29, 1.82) is 0 Å². The fourth-order valence-electron chi connectivity index (χ4n) is 5.98. The van der Waals surface area contributed by atoms with Gasteiger partial charge in [-0.25, -0.2) is 9.69 Å². The number of carbonyl (C=O) groups is 3. The first-order chi connectivity index (χ1) is 16.5. The minimum Gasteiger partial charge on any atom is -0.462 e. The maximum atomic E-state index is 14.0. The third kappa shape index (κ3) is 2.69. The molecule has 2 amide bonds. The number of esters is 1. The highest BCUT2D eigenvalue weighted by Crippen LogP contribution is 2.66. The van der Waals surface area contributed by atoms with Gasteiger partial charge in [0.25, 0.3) is 0 Å². The molecule has 2 atom stereocenters. The molecule has 1 fully saturated rings. The molecule has 5 nitrogen and oxygen atoms in total. The first kappa shape index (κ1) is 21.3. The predicted octanol–water partition coefficient (Wildman–Crippen LogP) is 5.16. The van der Waals surface area contributed by atoms with E-state index in [9.17, 15) is 14.4 Å². The van der Waals surface area contributed by atoms with Crippen molar-refractivity contribution in [3.05, 3.63) is 101 Å². The molecule has 1 heterocycles. The van der Waals surface area contributed by atoms with Gasteiger partial charge in [0.15, 0.2) is 0 Å². The normalized spacial score (nSPS) is 26.2. The maximum Gasteiger partial charge on any atom is 0.338 e. The molecule has 0 saturated carbocycles. The zero-order valence-corrected chi connectivity index (χ0v) is 20.1. The molecule has 0 radical (unpaired) electrons. The van der Waals surface area contributed by atoms with E-state index in [0.29, 0.717) is 24.3 Å². The van der Waals surface area contributed by atoms with Gasteiger partial charge in [0.05, 0.1) is 34.0 Å². The summed E-state index contributed by atoms with van der Waals surface area (Å²) in [5.41, 5.74) is 4.97. The second-order valence-corrected chi connectivity index (χ2v) is 10.3. The van der Waals surface area contributed by atoms with E-state index in [1.807, 2.05) is 43.3 Å². The van der Waals surface area contributed by atoms with E-state index in [-0.39, 0.29) is 17.7 Å². The van der Waals surface area contributed by atoms with Crippen LogP contribution in [0, 0.1) is 11.8 Å². The Bertz CT molecular complexity index is 1320. The van der Waals surface area contributed by atoms with E-state index in [2.05, 4.69) is 28.1 Å². The third-order valence-corrected chi connectivity index (χ3v) is 8.64. The van der Waals surface area contributed by atoms with Crippen molar-refractivity contribution >= 4 is 39.4 Å². The van der Waals surface area contributed by atoms with Crippen LogP contribution in [0.5, 0.6) is 0 Å². The van der Waals surface area contributed by atoms with Crippen molar-refractivity contribution in [2.24, 2.45) is 11.8 Å². The minimum atomic E-state index is -0.793. The van der Waals surface area contributed by atoms with Crippen molar-refractivity contribution in [3.8, 4) is 0 Å². The SMILES string of the molecule is CCCOC(=O)c1cccc(N2C(=O)C3C4c5ccccc5C(Br)(c5ccccc54)C3C2=O)c1. The predicted molar refractivity (Wildman–Crippen MR) is 131 cm³/mol. The van der Waals surface area contributed by atoms with Gasteiger partial charge >= 0.3 is 5.97 Å². The topological polar surface area (TPSA) is 63.7 Å². The highest BCUT2D eigenvalue weighted by Gasteiger charge is 2.67. The van der Waals surface area contributed by atoms with Crippen molar-refractivity contribution in [3.63, 3.8) is 0 Å². The van der Waals surface area contributed by atoms with Gasteiger partial charge in [-0.05, 0) is 46.9 Å². The van der Waals surface area contributed by atoms with Crippen molar-refractivity contribution < 1.29 is 19.1 Å². The molecule has 0 N–H and O–H groups in total. The molecule has 34 heavy (non-hydrogen) atoms. The third-order valence-electron chi connectivity index (χ3n) is 7.29. The second kappa shape index (κ2) is 7.64. The number of anilines is 1. The number of hydrogen-bond acceptors (Lipinski definition) is 4. The second-order valence-electron chi connectivity index (χ2n) is 9.07. The molecule has 7 rings (SSSR count). The zero-order valence-electron chi connectivity index (χ0n) is 18.5. The van der Waals surface area contributed by atoms with Crippen LogP contribution in [-0.4, -0.2) is 24.4 Å². The summed E-state index contributed by atoms with van der Waals surface area (Å²) in [5, 5.41) is 0. The van der Waals surface area contributed by atoms with Gasteiger partial charge < -0.3 is 4.74 Å². The van der Waals surface area contributed by atoms with E-state index in [1.54, 1.807) is 24.3 Å². The zero-order chi connectivity index (χ0) is 23.6. The van der Waals surface area contributed by atoms with Crippen LogP contribution in [-0.2, 0) is 18.7 Å². The molecule has 6 heteroatoms. The number of rotatable bonds is 4. The lowest BCUT2D eigenvalue weighted by atomic mass is 9.55. The summed E-state index contributed by atoms with van der Waals surface area (Å²) < 4.78 is 4.46. The molecule has 3 aromatic rings. The number of alkyl halides is 1. The standard InChI is InChI=1S/C28H22BrNO4/c1-2-14-34-27(33)16-8-7-9-17(15-16)30-25(31)23-22-18-10-3-5-12-20(18)28(29,24(23)26(30)32)21-13-6-4-11-19(21)22/h3-13,15,22-24H,2,14H2,1H3. The van der Waals surface area contributed by atoms with E-state index in [1.165, 1.54) is 4.90 Å². The van der Waals surface area contributed by atoms with Gasteiger partial charge in [0.2, 0.25) is 11.8 Å². The summed E-state index contributed by atoms with van der Waals surface area (Å²) >= 11 is 4.00. The molecule has 4 aliphatic rings. The fraction of sp³-hybridized carbons (Fsp3) is 0.250. The van der Waals surface area contributed by atoms with Crippen LogP contribution in [0.4, 0.5) is 5.69 Å². The van der Waals surface area contributed by atoms with Gasteiger partial charge in [0.1, 0.15) is 0 Å². The Hall–Kier alpha value is -3.25. The molecule has 0 spiro atoms. The summed E-state index contributed by atoms with van der Waals surface area (Å²) in [7, 11) is 0. The summed E-state index contributed by atoms with van der Waals surface area (Å²) in [6.07, 6.45) is 0.716. The number of halogens is 1. The van der Waals surface area contributed by atoms with E-state index in [4.69, 9.17) is 4.74 Å². The maximum absolute atomic E-state index is 14.0. The van der Waals surface area contributed by atoms with Crippen LogP contribution in [0.2, 0.25) is 0 Å². The first-order valence-corrected chi connectivity index (χ1v) is 12.3. The monoisotopic (exact) mass is 515 g/mol. The molecule has 1 aliphatic heterocycles. The average molecular weight is 516 g/mol. The van der Waals surface area contributed by atoms with Crippen LogP contribution in [0.3, 0.4) is 0 Å². The van der Waals surface area contributed by atoms with Gasteiger partial charge in [-0.3, -0.25) is 9.59 Å².